The quantitative estimate of drug-likeness (QED) is 0.883. The van der Waals surface area contributed by atoms with Gasteiger partial charge in [-0.05, 0) is 13.3 Å². The highest BCUT2D eigenvalue weighted by Gasteiger charge is 2.20. The molecular formula is C12H13N5O. The molecule has 6 nitrogen and oxygen atoms in total. The van der Waals surface area contributed by atoms with Gasteiger partial charge in [0.1, 0.15) is 12.7 Å². The zero-order chi connectivity index (χ0) is 12.5. The van der Waals surface area contributed by atoms with Crippen LogP contribution in [0.1, 0.15) is 19.8 Å². The molecule has 2 aromatic heterocycles. The molecule has 0 atom stereocenters. The van der Waals surface area contributed by atoms with Crippen molar-refractivity contribution >= 4 is 28.5 Å². The molecule has 0 unspecified atom stereocenters. The topological polar surface area (TPSA) is 72.7 Å². The van der Waals surface area contributed by atoms with Crippen LogP contribution in [0.15, 0.2) is 18.7 Å². The normalized spacial score (nSPS) is 15.2. The van der Waals surface area contributed by atoms with Crippen LogP contribution < -0.4 is 5.32 Å². The van der Waals surface area contributed by atoms with E-state index in [4.69, 9.17) is 0 Å². The lowest BCUT2D eigenvalue weighted by atomic mass is 10.3. The molecule has 0 radical (unpaired) electrons. The molecule has 0 spiro atoms. The molecule has 0 bridgehead atoms. The first-order chi connectivity index (χ1) is 8.81. The first-order valence-electron chi connectivity index (χ1n) is 5.97. The van der Waals surface area contributed by atoms with Crippen molar-refractivity contribution in [3.8, 4) is 0 Å². The van der Waals surface area contributed by atoms with E-state index in [1.165, 1.54) is 6.33 Å². The van der Waals surface area contributed by atoms with Crippen molar-refractivity contribution in [2.24, 2.45) is 0 Å². The SMILES string of the molecule is CCNc1ncnc2c1ncn2C1=CCCC1=O. The Labute approximate surface area is 104 Å². The van der Waals surface area contributed by atoms with Crippen molar-refractivity contribution in [3.05, 3.63) is 18.7 Å². The summed E-state index contributed by atoms with van der Waals surface area (Å²) in [7, 11) is 0. The molecule has 0 saturated heterocycles. The van der Waals surface area contributed by atoms with E-state index in [1.807, 2.05) is 13.0 Å². The minimum atomic E-state index is 0.137. The molecule has 0 aliphatic heterocycles. The Kier molecular flexibility index (Phi) is 2.55. The number of aromatic nitrogens is 4. The number of rotatable bonds is 3. The smallest absolute Gasteiger partial charge is 0.179 e. The van der Waals surface area contributed by atoms with E-state index in [2.05, 4.69) is 20.3 Å². The van der Waals surface area contributed by atoms with E-state index in [0.717, 1.165) is 13.0 Å². The number of imidazole rings is 1. The minimum Gasteiger partial charge on any atom is -0.368 e. The van der Waals surface area contributed by atoms with Crippen LogP contribution in [0.5, 0.6) is 0 Å². The highest BCUT2D eigenvalue weighted by atomic mass is 16.1. The van der Waals surface area contributed by atoms with E-state index in [1.54, 1.807) is 10.9 Å². The van der Waals surface area contributed by atoms with Gasteiger partial charge in [0.25, 0.3) is 0 Å². The lowest BCUT2D eigenvalue weighted by Gasteiger charge is -2.04. The second kappa shape index (κ2) is 4.21. The second-order valence-corrected chi connectivity index (χ2v) is 4.09. The van der Waals surface area contributed by atoms with Crippen molar-refractivity contribution < 1.29 is 4.79 Å². The van der Waals surface area contributed by atoms with Crippen molar-refractivity contribution in [2.45, 2.75) is 19.8 Å². The van der Waals surface area contributed by atoms with Gasteiger partial charge in [0.05, 0.1) is 5.70 Å². The van der Waals surface area contributed by atoms with Gasteiger partial charge in [-0.1, -0.05) is 6.08 Å². The number of ketones is 1. The molecule has 0 amide bonds. The maximum Gasteiger partial charge on any atom is 0.179 e. The number of carbonyl (C=O) groups excluding carboxylic acids is 1. The Balaban J connectivity index is 2.15. The summed E-state index contributed by atoms with van der Waals surface area (Å²) in [5, 5.41) is 3.13. The summed E-state index contributed by atoms with van der Waals surface area (Å²) in [6.45, 7) is 2.76. The van der Waals surface area contributed by atoms with E-state index in [0.29, 0.717) is 29.1 Å². The summed E-state index contributed by atoms with van der Waals surface area (Å²) in [4.78, 5) is 24.4. The monoisotopic (exact) mass is 243 g/mol. The highest BCUT2D eigenvalue weighted by molar-refractivity contribution is 6.18. The van der Waals surface area contributed by atoms with E-state index in [9.17, 15) is 4.79 Å². The van der Waals surface area contributed by atoms with Gasteiger partial charge >= 0.3 is 0 Å². The van der Waals surface area contributed by atoms with Gasteiger partial charge in [0.2, 0.25) is 0 Å². The lowest BCUT2D eigenvalue weighted by molar-refractivity contribution is -0.113. The minimum absolute atomic E-state index is 0.137. The number of carbonyl (C=O) groups is 1. The van der Waals surface area contributed by atoms with Crippen LogP contribution in [0.3, 0.4) is 0 Å². The standard InChI is InChI=1S/C12H13N5O/c1-2-13-11-10-12(15-6-14-11)17(7-16-10)8-4-3-5-9(8)18/h4,6-7H,2-3,5H2,1H3,(H,13,14,15). The Morgan fingerprint density at radius 3 is 3.00 bits per heavy atom. The van der Waals surface area contributed by atoms with Crippen molar-refractivity contribution in [3.63, 3.8) is 0 Å². The molecule has 1 aliphatic rings. The summed E-state index contributed by atoms with van der Waals surface area (Å²) in [6.07, 6.45) is 6.41. The average Bonchev–Trinajstić information content (AvgIpc) is 2.96. The van der Waals surface area contributed by atoms with Gasteiger partial charge in [0.15, 0.2) is 22.8 Å². The van der Waals surface area contributed by atoms with Crippen LogP contribution in [0, 0.1) is 0 Å². The summed E-state index contributed by atoms with van der Waals surface area (Å²) in [5.74, 6) is 0.838. The number of hydrogen-bond acceptors (Lipinski definition) is 5. The zero-order valence-electron chi connectivity index (χ0n) is 10.1. The molecule has 0 saturated carbocycles. The number of nitrogens with zero attached hydrogens (tertiary/aromatic N) is 4. The first kappa shape index (κ1) is 10.9. The molecule has 0 aromatic carbocycles. The summed E-state index contributed by atoms with van der Waals surface area (Å²) >= 11 is 0. The fraction of sp³-hybridized carbons (Fsp3) is 0.333. The third kappa shape index (κ3) is 1.57. The number of anilines is 1. The van der Waals surface area contributed by atoms with E-state index >= 15 is 0 Å². The lowest BCUT2D eigenvalue weighted by Crippen LogP contribution is -2.05. The molecule has 92 valence electrons. The third-order valence-electron chi connectivity index (χ3n) is 2.93. The van der Waals surface area contributed by atoms with Gasteiger partial charge in [-0.3, -0.25) is 9.36 Å². The third-order valence-corrected chi connectivity index (χ3v) is 2.93. The number of fused-ring (bicyclic) bond motifs is 1. The molecule has 18 heavy (non-hydrogen) atoms. The fourth-order valence-electron chi connectivity index (χ4n) is 2.12. The van der Waals surface area contributed by atoms with Gasteiger partial charge in [-0.2, -0.15) is 0 Å². The van der Waals surface area contributed by atoms with Crippen LogP contribution in [-0.2, 0) is 4.79 Å². The molecule has 2 aromatic rings. The largest absolute Gasteiger partial charge is 0.368 e. The van der Waals surface area contributed by atoms with Gasteiger partial charge in [-0.15, -0.1) is 0 Å². The first-order valence-corrected chi connectivity index (χ1v) is 5.97. The fourth-order valence-corrected chi connectivity index (χ4v) is 2.12. The Bertz CT molecular complexity index is 643. The van der Waals surface area contributed by atoms with Crippen LogP contribution >= 0.6 is 0 Å². The van der Waals surface area contributed by atoms with Crippen molar-refractivity contribution in [1.82, 2.24) is 19.5 Å². The van der Waals surface area contributed by atoms with Crippen LogP contribution in [0.4, 0.5) is 5.82 Å². The predicted octanol–water partition coefficient (Wildman–Crippen LogP) is 1.46. The van der Waals surface area contributed by atoms with Crippen LogP contribution in [0.2, 0.25) is 0 Å². The predicted molar refractivity (Wildman–Crippen MR) is 68.0 cm³/mol. The Morgan fingerprint density at radius 2 is 2.28 bits per heavy atom. The number of allylic oxidation sites excluding steroid dienone is 2. The average molecular weight is 243 g/mol. The van der Waals surface area contributed by atoms with Crippen molar-refractivity contribution in [1.29, 1.82) is 0 Å². The maximum atomic E-state index is 11.8. The summed E-state index contributed by atoms with van der Waals surface area (Å²) < 4.78 is 1.74. The molecule has 3 rings (SSSR count). The molecule has 6 heteroatoms. The number of nitrogens with one attached hydrogen (secondary N) is 1. The summed E-state index contributed by atoms with van der Waals surface area (Å²) in [6, 6.07) is 0. The number of Topliss-reactive ketones (excluding diaryl/α,β-unsaturated/α-hetero) is 1. The van der Waals surface area contributed by atoms with Gasteiger partial charge in [0, 0.05) is 13.0 Å². The Morgan fingerprint density at radius 1 is 1.39 bits per heavy atom. The highest BCUT2D eigenvalue weighted by Crippen LogP contribution is 2.24. The molecule has 1 N–H and O–H groups in total. The summed E-state index contributed by atoms with van der Waals surface area (Å²) in [5.41, 5.74) is 2.03. The van der Waals surface area contributed by atoms with Crippen LogP contribution in [-0.4, -0.2) is 31.8 Å². The van der Waals surface area contributed by atoms with E-state index < -0.39 is 0 Å². The zero-order valence-corrected chi connectivity index (χ0v) is 10.1. The number of hydrogen-bond donors (Lipinski definition) is 1. The maximum absolute atomic E-state index is 11.8. The van der Waals surface area contributed by atoms with E-state index in [-0.39, 0.29) is 5.78 Å². The molecular weight excluding hydrogens is 230 g/mol. The van der Waals surface area contributed by atoms with Crippen molar-refractivity contribution in [2.75, 3.05) is 11.9 Å². The molecule has 1 aliphatic carbocycles. The molecule has 2 heterocycles. The Hall–Kier alpha value is -2.24. The molecule has 0 fully saturated rings. The van der Waals surface area contributed by atoms with Gasteiger partial charge < -0.3 is 5.32 Å². The second-order valence-electron chi connectivity index (χ2n) is 4.09. The van der Waals surface area contributed by atoms with Gasteiger partial charge in [-0.25, -0.2) is 15.0 Å². The van der Waals surface area contributed by atoms with Crippen LogP contribution in [0.25, 0.3) is 16.9 Å².